The molecule has 2 aromatic carbocycles. The second-order valence-corrected chi connectivity index (χ2v) is 8.87. The molecular weight excluding hydrogens is 411 g/mol. The molecule has 0 bridgehead atoms. The van der Waals surface area contributed by atoms with Gasteiger partial charge >= 0.3 is 0 Å². The van der Waals surface area contributed by atoms with Crippen LogP contribution in [-0.2, 0) is 14.8 Å². The summed E-state index contributed by atoms with van der Waals surface area (Å²) in [6.45, 7) is 2.54. The highest BCUT2D eigenvalue weighted by molar-refractivity contribution is 7.89. The minimum absolute atomic E-state index is 0.00343. The van der Waals surface area contributed by atoms with Gasteiger partial charge in [0.1, 0.15) is 0 Å². The van der Waals surface area contributed by atoms with Crippen molar-refractivity contribution in [1.29, 1.82) is 0 Å². The molecule has 2 aromatic rings. The molecule has 1 saturated heterocycles. The first-order valence-electron chi connectivity index (χ1n) is 9.66. The van der Waals surface area contributed by atoms with Gasteiger partial charge in [-0.05, 0) is 55.7 Å². The molecule has 1 aliphatic heterocycles. The first-order chi connectivity index (χ1) is 14.3. The van der Waals surface area contributed by atoms with Gasteiger partial charge in [0.15, 0.2) is 11.6 Å². The molecule has 1 fully saturated rings. The van der Waals surface area contributed by atoms with Gasteiger partial charge in [0, 0.05) is 18.7 Å². The predicted molar refractivity (Wildman–Crippen MR) is 109 cm³/mol. The molecule has 7 nitrogen and oxygen atoms in total. The van der Waals surface area contributed by atoms with Crippen molar-refractivity contribution in [3.05, 3.63) is 59.4 Å². The van der Waals surface area contributed by atoms with Gasteiger partial charge in [-0.1, -0.05) is 12.1 Å². The van der Waals surface area contributed by atoms with Crippen LogP contribution in [0.4, 0.5) is 4.39 Å². The summed E-state index contributed by atoms with van der Waals surface area (Å²) in [5.74, 6) is -0.873. The molecule has 2 N–H and O–H groups in total. The van der Waals surface area contributed by atoms with Crippen LogP contribution in [0, 0.1) is 5.82 Å². The van der Waals surface area contributed by atoms with Crippen molar-refractivity contribution in [2.24, 2.45) is 0 Å². The molecule has 3 rings (SSSR count). The summed E-state index contributed by atoms with van der Waals surface area (Å²) in [7, 11) is -2.40. The highest BCUT2D eigenvalue weighted by Gasteiger charge is 2.21. The number of ether oxygens (including phenoxy) is 2. The van der Waals surface area contributed by atoms with Crippen LogP contribution in [0.1, 0.15) is 41.7 Å². The number of carbonyl (C=O) groups excluding carboxylic acids is 1. The Morgan fingerprint density at radius 3 is 2.77 bits per heavy atom. The van der Waals surface area contributed by atoms with E-state index in [0.29, 0.717) is 12.2 Å². The van der Waals surface area contributed by atoms with Crippen molar-refractivity contribution in [2.75, 3.05) is 20.3 Å². The van der Waals surface area contributed by atoms with E-state index in [0.717, 1.165) is 12.8 Å². The van der Waals surface area contributed by atoms with E-state index in [4.69, 9.17) is 9.47 Å². The van der Waals surface area contributed by atoms with Gasteiger partial charge in [-0.2, -0.15) is 0 Å². The van der Waals surface area contributed by atoms with E-state index in [1.54, 1.807) is 13.0 Å². The smallest absolute Gasteiger partial charge is 0.251 e. The van der Waals surface area contributed by atoms with Gasteiger partial charge in [-0.15, -0.1) is 0 Å². The van der Waals surface area contributed by atoms with Gasteiger partial charge < -0.3 is 14.8 Å². The van der Waals surface area contributed by atoms with Crippen molar-refractivity contribution in [1.82, 2.24) is 10.0 Å². The second-order valence-electron chi connectivity index (χ2n) is 7.10. The standard InChI is InChI=1S/C21H25FN2O5S/c1-14(15-8-9-20(28-2)19(22)12-15)24-21(25)16-5-3-7-18(11-16)30(26,27)23-13-17-6-4-10-29-17/h3,5,7-9,11-12,14,17,23H,4,6,10,13H2,1-2H3,(H,24,25). The molecular formula is C21H25FN2O5S. The first kappa shape index (κ1) is 22.2. The topological polar surface area (TPSA) is 93.7 Å². The Morgan fingerprint density at radius 1 is 1.30 bits per heavy atom. The minimum Gasteiger partial charge on any atom is -0.494 e. The molecule has 0 aliphatic carbocycles. The summed E-state index contributed by atoms with van der Waals surface area (Å²) < 4.78 is 51.9. The summed E-state index contributed by atoms with van der Waals surface area (Å²) in [6.07, 6.45) is 1.60. The molecule has 1 aliphatic rings. The average Bonchev–Trinajstić information content (AvgIpc) is 3.26. The van der Waals surface area contributed by atoms with Crippen LogP contribution < -0.4 is 14.8 Å². The molecule has 0 spiro atoms. The summed E-state index contributed by atoms with van der Waals surface area (Å²) in [4.78, 5) is 12.6. The quantitative estimate of drug-likeness (QED) is 0.664. The fourth-order valence-corrected chi connectivity index (χ4v) is 4.32. The van der Waals surface area contributed by atoms with Crippen LogP contribution in [0.2, 0.25) is 0 Å². The van der Waals surface area contributed by atoms with Crippen molar-refractivity contribution >= 4 is 15.9 Å². The molecule has 162 valence electrons. The highest BCUT2D eigenvalue weighted by atomic mass is 32.2. The number of benzene rings is 2. The number of rotatable bonds is 8. The SMILES string of the molecule is COc1ccc(C(C)NC(=O)c2cccc(S(=O)(=O)NCC3CCCO3)c2)cc1F. The molecule has 2 atom stereocenters. The number of nitrogens with one attached hydrogen (secondary N) is 2. The van der Waals surface area contributed by atoms with E-state index in [1.165, 1.54) is 43.5 Å². The largest absolute Gasteiger partial charge is 0.494 e. The van der Waals surface area contributed by atoms with E-state index in [9.17, 15) is 17.6 Å². The molecule has 0 radical (unpaired) electrons. The van der Waals surface area contributed by atoms with E-state index in [-0.39, 0.29) is 28.9 Å². The van der Waals surface area contributed by atoms with Gasteiger partial charge in [-0.25, -0.2) is 17.5 Å². The lowest BCUT2D eigenvalue weighted by Crippen LogP contribution is -2.32. The van der Waals surface area contributed by atoms with Crippen LogP contribution >= 0.6 is 0 Å². The number of amides is 1. The molecule has 0 saturated carbocycles. The number of sulfonamides is 1. The Labute approximate surface area is 175 Å². The third-order valence-electron chi connectivity index (χ3n) is 4.95. The molecule has 2 unspecified atom stereocenters. The zero-order valence-corrected chi connectivity index (χ0v) is 17.7. The van der Waals surface area contributed by atoms with E-state index in [1.807, 2.05) is 0 Å². The number of halogens is 1. The maximum Gasteiger partial charge on any atom is 0.251 e. The van der Waals surface area contributed by atoms with Crippen molar-refractivity contribution in [3.63, 3.8) is 0 Å². The molecule has 1 heterocycles. The van der Waals surface area contributed by atoms with Crippen LogP contribution in [0.25, 0.3) is 0 Å². The minimum atomic E-state index is -3.77. The fraction of sp³-hybridized carbons (Fsp3) is 0.381. The second kappa shape index (κ2) is 9.55. The molecule has 30 heavy (non-hydrogen) atoms. The third kappa shape index (κ3) is 5.35. The Balaban J connectivity index is 1.68. The lowest BCUT2D eigenvalue weighted by Gasteiger charge is -2.16. The summed E-state index contributed by atoms with van der Waals surface area (Å²) in [6, 6.07) is 9.72. The van der Waals surface area contributed by atoms with Gasteiger partial charge in [0.2, 0.25) is 10.0 Å². The van der Waals surface area contributed by atoms with Gasteiger partial charge in [0.05, 0.1) is 24.2 Å². The zero-order valence-electron chi connectivity index (χ0n) is 16.9. The number of hydrogen-bond acceptors (Lipinski definition) is 5. The average molecular weight is 437 g/mol. The normalized spacial score (nSPS) is 17.5. The number of carbonyl (C=O) groups is 1. The molecule has 1 amide bonds. The maximum absolute atomic E-state index is 13.9. The summed E-state index contributed by atoms with van der Waals surface area (Å²) >= 11 is 0. The van der Waals surface area contributed by atoms with Crippen molar-refractivity contribution in [3.8, 4) is 5.75 Å². The Morgan fingerprint density at radius 2 is 2.10 bits per heavy atom. The Hall–Kier alpha value is -2.49. The fourth-order valence-electron chi connectivity index (χ4n) is 3.21. The maximum atomic E-state index is 13.9. The lowest BCUT2D eigenvalue weighted by molar-refractivity contribution is 0.0939. The van der Waals surface area contributed by atoms with Crippen molar-refractivity contribution in [2.45, 2.75) is 36.8 Å². The molecule has 9 heteroatoms. The van der Waals surface area contributed by atoms with Gasteiger partial charge in [-0.3, -0.25) is 4.79 Å². The van der Waals surface area contributed by atoms with Gasteiger partial charge in [0.25, 0.3) is 5.91 Å². The van der Waals surface area contributed by atoms with E-state index < -0.39 is 27.8 Å². The molecule has 0 aromatic heterocycles. The van der Waals surface area contributed by atoms with Crippen molar-refractivity contribution < 1.29 is 27.1 Å². The monoisotopic (exact) mass is 436 g/mol. The summed E-state index contributed by atoms with van der Waals surface area (Å²) in [5, 5.41) is 2.75. The highest BCUT2D eigenvalue weighted by Crippen LogP contribution is 2.22. The van der Waals surface area contributed by atoms with Crippen LogP contribution in [-0.4, -0.2) is 40.7 Å². The first-order valence-corrected chi connectivity index (χ1v) is 11.1. The van der Waals surface area contributed by atoms with E-state index in [2.05, 4.69) is 10.0 Å². The number of hydrogen-bond donors (Lipinski definition) is 2. The Kier molecular flexibility index (Phi) is 7.06. The number of methoxy groups -OCH3 is 1. The van der Waals surface area contributed by atoms with Crippen LogP contribution in [0.3, 0.4) is 0 Å². The third-order valence-corrected chi connectivity index (χ3v) is 6.38. The summed E-state index contributed by atoms with van der Waals surface area (Å²) in [5.41, 5.74) is 0.750. The van der Waals surface area contributed by atoms with E-state index >= 15 is 0 Å². The zero-order chi connectivity index (χ0) is 21.7. The van der Waals surface area contributed by atoms with Crippen LogP contribution in [0.5, 0.6) is 5.75 Å². The lowest BCUT2D eigenvalue weighted by atomic mass is 10.1. The predicted octanol–water partition coefficient (Wildman–Crippen LogP) is 2.78. The van der Waals surface area contributed by atoms with Crippen LogP contribution in [0.15, 0.2) is 47.4 Å². The Bertz CT molecular complexity index is 1010.